The number of ether oxygens (including phenoxy) is 1. The van der Waals surface area contributed by atoms with Gasteiger partial charge >= 0.3 is 0 Å². The number of oxime groups is 1. The molecule has 0 amide bonds. The molecule has 2 atom stereocenters. The normalized spacial score (nSPS) is 36.1. The second-order valence-electron chi connectivity index (χ2n) is 5.80. The van der Waals surface area contributed by atoms with Gasteiger partial charge in [0.1, 0.15) is 5.84 Å². The topological polar surface area (TPSA) is 79.9 Å². The molecule has 2 unspecified atom stereocenters. The van der Waals surface area contributed by atoms with E-state index in [0.717, 1.165) is 32.4 Å². The third kappa shape index (κ3) is 2.72. The summed E-state index contributed by atoms with van der Waals surface area (Å²) in [4.78, 5) is 0. The minimum absolute atomic E-state index is 0.0701. The van der Waals surface area contributed by atoms with Crippen LogP contribution in [-0.4, -0.2) is 35.8 Å². The van der Waals surface area contributed by atoms with Gasteiger partial charge in [-0.2, -0.15) is 0 Å². The summed E-state index contributed by atoms with van der Waals surface area (Å²) in [6.07, 6.45) is 4.29. The van der Waals surface area contributed by atoms with Crippen molar-refractivity contribution >= 4 is 5.84 Å². The van der Waals surface area contributed by atoms with Crippen LogP contribution in [0.4, 0.5) is 0 Å². The van der Waals surface area contributed by atoms with E-state index in [1.54, 1.807) is 0 Å². The van der Waals surface area contributed by atoms with Gasteiger partial charge in [0.05, 0.1) is 6.10 Å². The average Bonchev–Trinajstić information content (AvgIpc) is 2.99. The minimum Gasteiger partial charge on any atom is -0.409 e. The first kappa shape index (κ1) is 12.6. The van der Waals surface area contributed by atoms with Crippen molar-refractivity contribution in [2.45, 2.75) is 51.2 Å². The summed E-state index contributed by atoms with van der Waals surface area (Å²) in [5.41, 5.74) is 5.87. The van der Waals surface area contributed by atoms with Gasteiger partial charge in [0.2, 0.25) is 0 Å². The van der Waals surface area contributed by atoms with Crippen molar-refractivity contribution in [2.24, 2.45) is 16.3 Å². The molecule has 1 saturated heterocycles. The maximum atomic E-state index is 8.62. The van der Waals surface area contributed by atoms with Crippen LogP contribution in [0.3, 0.4) is 0 Å². The Labute approximate surface area is 102 Å². The van der Waals surface area contributed by atoms with Gasteiger partial charge in [0.25, 0.3) is 0 Å². The Hall–Kier alpha value is -0.810. The Morgan fingerprint density at radius 1 is 1.53 bits per heavy atom. The third-order valence-corrected chi connectivity index (χ3v) is 4.40. The summed E-state index contributed by atoms with van der Waals surface area (Å²) in [6.45, 7) is 6.08. The predicted molar refractivity (Wildman–Crippen MR) is 66.1 cm³/mol. The van der Waals surface area contributed by atoms with Crippen LogP contribution in [0.15, 0.2) is 5.16 Å². The monoisotopic (exact) mass is 241 g/mol. The molecule has 0 bridgehead atoms. The fourth-order valence-corrected chi connectivity index (χ4v) is 2.47. The molecule has 1 aliphatic heterocycles. The summed E-state index contributed by atoms with van der Waals surface area (Å²) >= 11 is 0. The molecule has 0 aromatic carbocycles. The minimum atomic E-state index is 0.0701. The summed E-state index contributed by atoms with van der Waals surface area (Å²) < 4.78 is 5.61. The lowest BCUT2D eigenvalue weighted by Gasteiger charge is -2.31. The molecule has 0 aromatic heterocycles. The Balaban J connectivity index is 1.86. The smallest absolute Gasteiger partial charge is 0.139 e. The number of hydrogen-bond acceptors (Lipinski definition) is 4. The van der Waals surface area contributed by atoms with Gasteiger partial charge < -0.3 is 21.0 Å². The Morgan fingerprint density at radius 2 is 2.24 bits per heavy atom. The van der Waals surface area contributed by atoms with E-state index in [0.29, 0.717) is 12.3 Å². The molecule has 2 rings (SSSR count). The molecule has 0 radical (unpaired) electrons. The van der Waals surface area contributed by atoms with Crippen molar-refractivity contribution in [3.05, 3.63) is 0 Å². The summed E-state index contributed by atoms with van der Waals surface area (Å²) in [5.74, 6) is 0.338. The van der Waals surface area contributed by atoms with E-state index in [1.165, 1.54) is 0 Å². The number of hydrogen-bond donors (Lipinski definition) is 3. The van der Waals surface area contributed by atoms with Crippen LogP contribution in [0, 0.1) is 5.41 Å². The standard InChI is InChI=1S/C12H23N3O2/c1-9-11(2,5-6-17-9)14-8-12(3-4-12)7-10(13)15-16/h9,14,16H,3-8H2,1-2H3,(H2,13,15). The molecule has 0 spiro atoms. The van der Waals surface area contributed by atoms with E-state index in [1.807, 2.05) is 0 Å². The zero-order valence-electron chi connectivity index (χ0n) is 10.7. The van der Waals surface area contributed by atoms with Crippen molar-refractivity contribution in [2.75, 3.05) is 13.2 Å². The van der Waals surface area contributed by atoms with Crippen LogP contribution in [0.5, 0.6) is 0 Å². The second-order valence-corrected chi connectivity index (χ2v) is 5.80. The first-order valence-electron chi connectivity index (χ1n) is 6.33. The van der Waals surface area contributed by atoms with Crippen LogP contribution >= 0.6 is 0 Å². The lowest BCUT2D eigenvalue weighted by atomic mass is 9.92. The summed E-state index contributed by atoms with van der Waals surface area (Å²) in [5, 5.41) is 15.3. The van der Waals surface area contributed by atoms with Gasteiger partial charge in [-0.25, -0.2) is 0 Å². The number of nitrogens with one attached hydrogen (secondary N) is 1. The zero-order chi connectivity index (χ0) is 12.5. The molecule has 1 saturated carbocycles. The molecular weight excluding hydrogens is 218 g/mol. The Kier molecular flexibility index (Phi) is 3.32. The Morgan fingerprint density at radius 3 is 2.71 bits per heavy atom. The van der Waals surface area contributed by atoms with Gasteiger partial charge in [0, 0.05) is 25.1 Å². The molecule has 0 aromatic rings. The largest absolute Gasteiger partial charge is 0.409 e. The maximum absolute atomic E-state index is 8.62. The second kappa shape index (κ2) is 4.46. The first-order chi connectivity index (χ1) is 8.00. The molecule has 1 heterocycles. The van der Waals surface area contributed by atoms with Crippen LogP contribution < -0.4 is 11.1 Å². The number of amidine groups is 1. The van der Waals surface area contributed by atoms with Gasteiger partial charge in [-0.15, -0.1) is 0 Å². The van der Waals surface area contributed by atoms with Gasteiger partial charge in [-0.3, -0.25) is 0 Å². The Bertz CT molecular complexity index is 315. The quantitative estimate of drug-likeness (QED) is 0.291. The lowest BCUT2D eigenvalue weighted by Crippen LogP contribution is -2.50. The number of nitrogens with two attached hydrogens (primary N) is 1. The first-order valence-corrected chi connectivity index (χ1v) is 6.33. The van der Waals surface area contributed by atoms with Crippen LogP contribution in [0.1, 0.15) is 39.5 Å². The molecule has 5 nitrogen and oxygen atoms in total. The van der Waals surface area contributed by atoms with Crippen LogP contribution in [0.25, 0.3) is 0 Å². The van der Waals surface area contributed by atoms with Crippen molar-refractivity contribution in [3.63, 3.8) is 0 Å². The van der Waals surface area contributed by atoms with E-state index >= 15 is 0 Å². The van der Waals surface area contributed by atoms with E-state index in [9.17, 15) is 0 Å². The molecule has 2 aliphatic rings. The van der Waals surface area contributed by atoms with Crippen LogP contribution in [0.2, 0.25) is 0 Å². The third-order valence-electron chi connectivity index (χ3n) is 4.40. The predicted octanol–water partition coefficient (Wildman–Crippen LogP) is 1.06. The van der Waals surface area contributed by atoms with Crippen molar-refractivity contribution in [1.29, 1.82) is 0 Å². The molecule has 98 valence electrons. The summed E-state index contributed by atoms with van der Waals surface area (Å²) in [6, 6.07) is 0. The summed E-state index contributed by atoms with van der Waals surface area (Å²) in [7, 11) is 0. The van der Waals surface area contributed by atoms with Gasteiger partial charge in [-0.1, -0.05) is 5.16 Å². The SMILES string of the molecule is CC1OCCC1(C)NCC1(CC(N)=NO)CC1. The highest BCUT2D eigenvalue weighted by molar-refractivity contribution is 5.80. The highest BCUT2D eigenvalue weighted by Gasteiger charge is 2.46. The van der Waals surface area contributed by atoms with Crippen molar-refractivity contribution in [3.8, 4) is 0 Å². The lowest BCUT2D eigenvalue weighted by molar-refractivity contribution is 0.0867. The van der Waals surface area contributed by atoms with Gasteiger partial charge in [-0.05, 0) is 38.5 Å². The van der Waals surface area contributed by atoms with Crippen LogP contribution in [-0.2, 0) is 4.74 Å². The molecule has 17 heavy (non-hydrogen) atoms. The highest BCUT2D eigenvalue weighted by Crippen LogP contribution is 2.48. The fraction of sp³-hybridized carbons (Fsp3) is 0.917. The van der Waals surface area contributed by atoms with E-state index in [2.05, 4.69) is 24.3 Å². The average molecular weight is 241 g/mol. The molecular formula is C12H23N3O2. The number of nitrogens with zero attached hydrogens (tertiary/aromatic N) is 1. The van der Waals surface area contributed by atoms with Crippen molar-refractivity contribution < 1.29 is 9.94 Å². The van der Waals surface area contributed by atoms with E-state index < -0.39 is 0 Å². The molecule has 2 fully saturated rings. The molecule has 4 N–H and O–H groups in total. The van der Waals surface area contributed by atoms with Crippen molar-refractivity contribution in [1.82, 2.24) is 5.32 Å². The molecule has 1 aliphatic carbocycles. The maximum Gasteiger partial charge on any atom is 0.139 e. The fourth-order valence-electron chi connectivity index (χ4n) is 2.47. The highest BCUT2D eigenvalue weighted by atomic mass is 16.5. The van der Waals surface area contributed by atoms with Gasteiger partial charge in [0.15, 0.2) is 0 Å². The molecule has 5 heteroatoms. The zero-order valence-corrected chi connectivity index (χ0v) is 10.7. The number of rotatable bonds is 5. The van der Waals surface area contributed by atoms with E-state index in [4.69, 9.17) is 15.7 Å². The van der Waals surface area contributed by atoms with E-state index in [-0.39, 0.29) is 17.1 Å².